The van der Waals surface area contributed by atoms with Gasteiger partial charge in [0.1, 0.15) is 11.5 Å². The highest BCUT2D eigenvalue weighted by Gasteiger charge is 2.08. The monoisotopic (exact) mass is 393 g/mol. The molecule has 0 saturated heterocycles. The zero-order valence-corrected chi connectivity index (χ0v) is 16.1. The van der Waals surface area contributed by atoms with Gasteiger partial charge in [0, 0.05) is 23.0 Å². The lowest BCUT2D eigenvalue weighted by molar-refractivity contribution is -0.114. The van der Waals surface area contributed by atoms with Crippen molar-refractivity contribution in [2.75, 3.05) is 23.8 Å². The van der Waals surface area contributed by atoms with Crippen molar-refractivity contribution in [2.45, 2.75) is 13.5 Å². The molecule has 0 saturated carbocycles. The van der Waals surface area contributed by atoms with E-state index in [0.717, 1.165) is 11.4 Å². The highest BCUT2D eigenvalue weighted by atomic mass is 16.5. The maximum atomic E-state index is 12.2. The Hall–Kier alpha value is -3.74. The number of amides is 2. The molecular weight excluding hydrogens is 370 g/mol. The third-order valence-corrected chi connectivity index (χ3v) is 4.03. The lowest BCUT2D eigenvalue weighted by Gasteiger charge is -2.10. The fraction of sp³-hybridized carbons (Fsp3) is 0.182. The van der Waals surface area contributed by atoms with Gasteiger partial charge in [-0.2, -0.15) is 0 Å². The van der Waals surface area contributed by atoms with Gasteiger partial charge in [-0.1, -0.05) is 6.07 Å². The number of hydrogen-bond donors (Lipinski definition) is 3. The summed E-state index contributed by atoms with van der Waals surface area (Å²) in [5.74, 6) is 1.03. The number of furan rings is 1. The smallest absolute Gasteiger partial charge is 0.251 e. The van der Waals surface area contributed by atoms with Crippen LogP contribution < -0.4 is 20.7 Å². The van der Waals surface area contributed by atoms with E-state index >= 15 is 0 Å². The van der Waals surface area contributed by atoms with Crippen molar-refractivity contribution in [3.8, 4) is 5.75 Å². The first-order chi connectivity index (χ1) is 14.1. The van der Waals surface area contributed by atoms with Crippen LogP contribution in [0.25, 0.3) is 0 Å². The van der Waals surface area contributed by atoms with Crippen LogP contribution in [0.3, 0.4) is 0 Å². The highest BCUT2D eigenvalue weighted by molar-refractivity contribution is 5.96. The average Bonchev–Trinajstić information content (AvgIpc) is 3.25. The van der Waals surface area contributed by atoms with Crippen LogP contribution in [0.1, 0.15) is 23.0 Å². The molecule has 0 radical (unpaired) electrons. The summed E-state index contributed by atoms with van der Waals surface area (Å²) in [6.45, 7) is 2.93. The van der Waals surface area contributed by atoms with Crippen LogP contribution in [0.15, 0.2) is 71.3 Å². The number of ether oxygens (including phenoxy) is 1. The van der Waals surface area contributed by atoms with E-state index in [-0.39, 0.29) is 18.4 Å². The number of benzene rings is 2. The minimum atomic E-state index is -0.213. The molecule has 29 heavy (non-hydrogen) atoms. The second-order valence-electron chi connectivity index (χ2n) is 6.20. The first kappa shape index (κ1) is 20.0. The molecule has 0 aliphatic carbocycles. The molecule has 2 amide bonds. The second kappa shape index (κ2) is 9.98. The second-order valence-corrected chi connectivity index (χ2v) is 6.20. The summed E-state index contributed by atoms with van der Waals surface area (Å²) in [5.41, 5.74) is 1.91. The minimum absolute atomic E-state index is 0.112. The van der Waals surface area contributed by atoms with Crippen molar-refractivity contribution in [2.24, 2.45) is 0 Å². The summed E-state index contributed by atoms with van der Waals surface area (Å²) >= 11 is 0. The Kier molecular flexibility index (Phi) is 6.89. The van der Waals surface area contributed by atoms with Crippen molar-refractivity contribution < 1.29 is 18.7 Å². The van der Waals surface area contributed by atoms with Gasteiger partial charge in [-0.15, -0.1) is 0 Å². The van der Waals surface area contributed by atoms with E-state index in [9.17, 15) is 9.59 Å². The Labute approximate surface area is 169 Å². The molecule has 0 unspecified atom stereocenters. The van der Waals surface area contributed by atoms with E-state index in [1.807, 2.05) is 31.2 Å². The number of carbonyl (C=O) groups excluding carboxylic acids is 2. The van der Waals surface area contributed by atoms with Crippen LogP contribution >= 0.6 is 0 Å². The molecule has 0 bridgehead atoms. The van der Waals surface area contributed by atoms with E-state index in [2.05, 4.69) is 16.0 Å². The van der Waals surface area contributed by atoms with E-state index in [1.165, 1.54) is 0 Å². The summed E-state index contributed by atoms with van der Waals surface area (Å²) in [4.78, 5) is 24.3. The number of rotatable bonds is 9. The Balaban J connectivity index is 1.46. The molecule has 7 nitrogen and oxygen atoms in total. The molecule has 0 atom stereocenters. The van der Waals surface area contributed by atoms with Crippen molar-refractivity contribution in [1.82, 2.24) is 5.32 Å². The van der Waals surface area contributed by atoms with Gasteiger partial charge in [-0.25, -0.2) is 0 Å². The molecule has 3 rings (SSSR count). The van der Waals surface area contributed by atoms with Gasteiger partial charge < -0.3 is 25.1 Å². The fourth-order valence-corrected chi connectivity index (χ4v) is 2.64. The normalized spacial score (nSPS) is 10.2. The number of carbonyl (C=O) groups is 2. The molecule has 0 spiro atoms. The summed E-state index contributed by atoms with van der Waals surface area (Å²) in [6.07, 6.45) is 1.56. The molecule has 1 heterocycles. The lowest BCUT2D eigenvalue weighted by atomic mass is 10.2. The Morgan fingerprint density at radius 3 is 2.55 bits per heavy atom. The molecule has 3 aromatic rings. The summed E-state index contributed by atoms with van der Waals surface area (Å²) < 4.78 is 10.6. The minimum Gasteiger partial charge on any atom is -0.494 e. The van der Waals surface area contributed by atoms with E-state index < -0.39 is 0 Å². The predicted octanol–water partition coefficient (Wildman–Crippen LogP) is 3.66. The first-order valence-electron chi connectivity index (χ1n) is 9.31. The Morgan fingerprint density at radius 1 is 1.00 bits per heavy atom. The highest BCUT2D eigenvalue weighted by Crippen LogP contribution is 2.17. The molecule has 3 N–H and O–H groups in total. The third kappa shape index (κ3) is 6.14. The fourth-order valence-electron chi connectivity index (χ4n) is 2.64. The van der Waals surface area contributed by atoms with E-state index in [4.69, 9.17) is 9.15 Å². The van der Waals surface area contributed by atoms with Crippen molar-refractivity contribution in [3.05, 3.63) is 78.3 Å². The number of hydrogen-bond acceptors (Lipinski definition) is 5. The summed E-state index contributed by atoms with van der Waals surface area (Å²) in [5, 5.41) is 8.62. The maximum absolute atomic E-state index is 12.2. The molecule has 150 valence electrons. The summed E-state index contributed by atoms with van der Waals surface area (Å²) in [7, 11) is 0. The van der Waals surface area contributed by atoms with Crippen molar-refractivity contribution in [1.29, 1.82) is 0 Å². The van der Waals surface area contributed by atoms with Crippen molar-refractivity contribution in [3.63, 3.8) is 0 Å². The summed E-state index contributed by atoms with van der Waals surface area (Å²) in [6, 6.07) is 17.7. The van der Waals surface area contributed by atoms with Crippen LogP contribution in [0, 0.1) is 0 Å². The molecule has 0 fully saturated rings. The van der Waals surface area contributed by atoms with Crippen LogP contribution in [-0.2, 0) is 11.3 Å². The van der Waals surface area contributed by atoms with E-state index in [1.54, 1.807) is 42.7 Å². The molecule has 1 aromatic heterocycles. The van der Waals surface area contributed by atoms with Crippen LogP contribution in [0.4, 0.5) is 11.4 Å². The molecule has 0 aliphatic rings. The Morgan fingerprint density at radius 2 is 1.83 bits per heavy atom. The van der Waals surface area contributed by atoms with Crippen LogP contribution in [0.2, 0.25) is 0 Å². The molecule has 0 aliphatic heterocycles. The number of nitrogens with one attached hydrogen (secondary N) is 3. The molecular formula is C22H23N3O4. The quantitative estimate of drug-likeness (QED) is 0.516. The van der Waals surface area contributed by atoms with E-state index in [0.29, 0.717) is 30.2 Å². The molecule has 2 aromatic carbocycles. The van der Waals surface area contributed by atoms with Gasteiger partial charge in [-0.3, -0.25) is 9.59 Å². The van der Waals surface area contributed by atoms with Crippen molar-refractivity contribution >= 4 is 23.2 Å². The van der Waals surface area contributed by atoms with Crippen LogP contribution in [0.5, 0.6) is 5.75 Å². The lowest BCUT2D eigenvalue weighted by Crippen LogP contribution is -2.23. The molecule has 7 heteroatoms. The maximum Gasteiger partial charge on any atom is 0.251 e. The average molecular weight is 393 g/mol. The Bertz CT molecular complexity index is 937. The SMILES string of the molecule is CCOc1cccc(NCC(=O)Nc2ccc(C(=O)NCc3ccco3)cc2)c1. The van der Waals surface area contributed by atoms with Gasteiger partial charge in [0.2, 0.25) is 5.91 Å². The predicted molar refractivity (Wildman–Crippen MR) is 111 cm³/mol. The van der Waals surface area contributed by atoms with Gasteiger partial charge >= 0.3 is 0 Å². The standard InChI is InChI=1S/C22H23N3O4/c1-2-28-19-6-3-5-18(13-19)23-15-21(26)25-17-10-8-16(9-11-17)22(27)24-14-20-7-4-12-29-20/h3-13,23H,2,14-15H2,1H3,(H,24,27)(H,25,26). The zero-order valence-electron chi connectivity index (χ0n) is 16.1. The van der Waals surface area contributed by atoms with Gasteiger partial charge in [0.15, 0.2) is 0 Å². The van der Waals surface area contributed by atoms with Gasteiger partial charge in [0.05, 0.1) is 26.0 Å². The first-order valence-corrected chi connectivity index (χ1v) is 9.31. The largest absolute Gasteiger partial charge is 0.494 e. The topological polar surface area (TPSA) is 92.6 Å². The number of anilines is 2. The van der Waals surface area contributed by atoms with Gasteiger partial charge in [0.25, 0.3) is 5.91 Å². The third-order valence-electron chi connectivity index (χ3n) is 4.03. The van der Waals surface area contributed by atoms with Crippen LogP contribution in [-0.4, -0.2) is 25.0 Å². The van der Waals surface area contributed by atoms with Gasteiger partial charge in [-0.05, 0) is 55.5 Å². The zero-order chi connectivity index (χ0) is 20.5.